The molecule has 0 saturated heterocycles. The van der Waals surface area contributed by atoms with E-state index in [4.69, 9.17) is 5.11 Å². The van der Waals surface area contributed by atoms with Crippen molar-refractivity contribution in [2.75, 3.05) is 6.61 Å². The molecular weight excluding hydrogens is 246 g/mol. The van der Waals surface area contributed by atoms with Crippen LogP contribution in [0, 0.1) is 0 Å². The molecule has 3 nitrogen and oxygen atoms in total. The maximum atomic E-state index is 12.1. The highest BCUT2D eigenvalue weighted by atomic mass is 32.2. The van der Waals surface area contributed by atoms with Gasteiger partial charge >= 0.3 is 0 Å². The van der Waals surface area contributed by atoms with E-state index in [0.29, 0.717) is 0 Å². The molecule has 2 atom stereocenters. The first-order valence-corrected chi connectivity index (χ1v) is 7.24. The normalized spacial score (nSPS) is 19.3. The van der Waals surface area contributed by atoms with Crippen LogP contribution >= 0.6 is 11.8 Å². The van der Waals surface area contributed by atoms with Crippen molar-refractivity contribution < 1.29 is 9.90 Å². The Morgan fingerprint density at radius 3 is 3.06 bits per heavy atom. The zero-order valence-corrected chi connectivity index (χ0v) is 11.4. The molecule has 2 rings (SSSR count). The van der Waals surface area contributed by atoms with Gasteiger partial charge in [-0.1, -0.05) is 18.2 Å². The second-order valence-electron chi connectivity index (χ2n) is 4.69. The van der Waals surface area contributed by atoms with Crippen LogP contribution in [0.25, 0.3) is 0 Å². The second-order valence-corrected chi connectivity index (χ2v) is 5.94. The average molecular weight is 265 g/mol. The Morgan fingerprint density at radius 2 is 2.33 bits per heavy atom. The summed E-state index contributed by atoms with van der Waals surface area (Å²) in [5, 5.41) is 11.8. The molecule has 0 fully saturated rings. The number of carbonyl (C=O) groups excluding carboxylic acids is 1. The molecule has 0 radical (unpaired) electrons. The summed E-state index contributed by atoms with van der Waals surface area (Å²) in [6.45, 7) is 2.17. The fourth-order valence-electron chi connectivity index (χ4n) is 2.13. The van der Waals surface area contributed by atoms with Crippen molar-refractivity contribution in [1.29, 1.82) is 0 Å². The fourth-order valence-corrected chi connectivity index (χ4v) is 3.34. The zero-order valence-electron chi connectivity index (χ0n) is 10.6. The van der Waals surface area contributed by atoms with Gasteiger partial charge in [-0.25, -0.2) is 0 Å². The molecule has 98 valence electrons. The third kappa shape index (κ3) is 3.27. The lowest BCUT2D eigenvalue weighted by molar-refractivity contribution is -0.121. The average Bonchev–Trinajstić information content (AvgIpc) is 2.80. The van der Waals surface area contributed by atoms with E-state index in [1.165, 1.54) is 10.5 Å². The molecule has 0 saturated carbocycles. The van der Waals surface area contributed by atoms with Crippen molar-refractivity contribution in [2.45, 2.75) is 42.4 Å². The lowest BCUT2D eigenvalue weighted by Crippen LogP contribution is -2.38. The van der Waals surface area contributed by atoms with Crippen LogP contribution in [0.2, 0.25) is 0 Å². The van der Waals surface area contributed by atoms with Gasteiger partial charge in [0.15, 0.2) is 0 Å². The van der Waals surface area contributed by atoms with E-state index in [9.17, 15) is 4.79 Å². The minimum Gasteiger partial charge on any atom is -0.396 e. The molecule has 0 aliphatic carbocycles. The van der Waals surface area contributed by atoms with Crippen LogP contribution < -0.4 is 5.32 Å². The lowest BCUT2D eigenvalue weighted by Gasteiger charge is -2.16. The number of thioether (sulfide) groups is 1. The minimum absolute atomic E-state index is 0.000948. The van der Waals surface area contributed by atoms with Crippen LogP contribution in [0.15, 0.2) is 29.2 Å². The molecule has 2 N–H and O–H groups in total. The van der Waals surface area contributed by atoms with Crippen LogP contribution in [0.3, 0.4) is 0 Å². The lowest BCUT2D eigenvalue weighted by atomic mass is 10.1. The molecule has 0 bridgehead atoms. The number of fused-ring (bicyclic) bond motifs is 1. The number of amides is 1. The Hall–Kier alpha value is -1.00. The predicted molar refractivity (Wildman–Crippen MR) is 73.7 cm³/mol. The second kappa shape index (κ2) is 6.25. The van der Waals surface area contributed by atoms with Crippen LogP contribution in [-0.4, -0.2) is 28.9 Å². The summed E-state index contributed by atoms with van der Waals surface area (Å²) >= 11 is 1.65. The minimum atomic E-state index is -0.000948. The van der Waals surface area contributed by atoms with E-state index < -0.39 is 0 Å². The first-order chi connectivity index (χ1) is 8.70. The zero-order chi connectivity index (χ0) is 13.0. The number of aliphatic hydroxyl groups is 1. The highest BCUT2D eigenvalue weighted by Gasteiger charge is 2.28. The first kappa shape index (κ1) is 13.4. The molecule has 1 heterocycles. The molecule has 1 aromatic rings. The third-order valence-corrected chi connectivity index (χ3v) is 4.44. The standard InChI is InChI=1S/C14H19NO2S/c1-10(5-4-8-16)15-14(17)13-9-11-6-2-3-7-12(11)18-13/h2-3,6-7,10,13,16H,4-5,8-9H2,1H3,(H,15,17). The van der Waals surface area contributed by atoms with E-state index in [1.54, 1.807) is 11.8 Å². The van der Waals surface area contributed by atoms with Crippen molar-refractivity contribution in [3.8, 4) is 0 Å². The summed E-state index contributed by atoms with van der Waals surface area (Å²) in [5.74, 6) is 0.113. The Bertz CT molecular complexity index is 397. The SMILES string of the molecule is CC(CCCO)NC(=O)C1Cc2ccccc2S1. The highest BCUT2D eigenvalue weighted by Crippen LogP contribution is 2.36. The molecule has 4 heteroatoms. The summed E-state index contributed by atoms with van der Waals surface area (Å²) < 4.78 is 0. The van der Waals surface area contributed by atoms with Gasteiger partial charge in [0.05, 0.1) is 5.25 Å². The van der Waals surface area contributed by atoms with E-state index in [-0.39, 0.29) is 23.8 Å². The Morgan fingerprint density at radius 1 is 1.56 bits per heavy atom. The molecule has 1 amide bonds. The Kier molecular flexibility index (Phi) is 4.66. The number of hydrogen-bond acceptors (Lipinski definition) is 3. The maximum Gasteiger partial charge on any atom is 0.234 e. The first-order valence-electron chi connectivity index (χ1n) is 6.36. The summed E-state index contributed by atoms with van der Waals surface area (Å²) in [4.78, 5) is 13.3. The monoisotopic (exact) mass is 265 g/mol. The summed E-state index contributed by atoms with van der Waals surface area (Å²) in [6.07, 6.45) is 2.38. The van der Waals surface area contributed by atoms with Crippen LogP contribution in [0.4, 0.5) is 0 Å². The van der Waals surface area contributed by atoms with Crippen molar-refractivity contribution in [2.24, 2.45) is 0 Å². The molecule has 0 aromatic heterocycles. The number of carbonyl (C=O) groups is 1. The maximum absolute atomic E-state index is 12.1. The molecule has 2 unspecified atom stereocenters. The fraction of sp³-hybridized carbons (Fsp3) is 0.500. The largest absolute Gasteiger partial charge is 0.396 e. The van der Waals surface area contributed by atoms with Crippen molar-refractivity contribution >= 4 is 17.7 Å². The van der Waals surface area contributed by atoms with Gasteiger partial charge in [0.1, 0.15) is 0 Å². The van der Waals surface area contributed by atoms with Gasteiger partial charge in [0.25, 0.3) is 0 Å². The summed E-state index contributed by atoms with van der Waals surface area (Å²) in [5.41, 5.74) is 1.27. The van der Waals surface area contributed by atoms with Gasteiger partial charge < -0.3 is 10.4 Å². The van der Waals surface area contributed by atoms with Gasteiger partial charge in [0, 0.05) is 17.5 Å². The van der Waals surface area contributed by atoms with Crippen LogP contribution in [0.5, 0.6) is 0 Å². The van der Waals surface area contributed by atoms with E-state index >= 15 is 0 Å². The quantitative estimate of drug-likeness (QED) is 0.856. The third-order valence-electron chi connectivity index (χ3n) is 3.12. The van der Waals surface area contributed by atoms with Crippen LogP contribution in [-0.2, 0) is 11.2 Å². The molecule has 0 spiro atoms. The molecule has 1 aromatic carbocycles. The number of benzene rings is 1. The van der Waals surface area contributed by atoms with Crippen molar-refractivity contribution in [1.82, 2.24) is 5.32 Å². The van der Waals surface area contributed by atoms with Gasteiger partial charge in [-0.05, 0) is 37.8 Å². The number of aliphatic hydroxyl groups excluding tert-OH is 1. The molecule has 18 heavy (non-hydrogen) atoms. The van der Waals surface area contributed by atoms with Gasteiger partial charge in [-0.3, -0.25) is 4.79 Å². The van der Waals surface area contributed by atoms with Crippen LogP contribution in [0.1, 0.15) is 25.3 Å². The Balaban J connectivity index is 1.85. The number of hydrogen-bond donors (Lipinski definition) is 2. The topological polar surface area (TPSA) is 49.3 Å². The van der Waals surface area contributed by atoms with E-state index in [2.05, 4.69) is 17.4 Å². The molecular formula is C14H19NO2S. The number of nitrogens with one attached hydrogen (secondary N) is 1. The molecule has 1 aliphatic heterocycles. The van der Waals surface area contributed by atoms with Crippen molar-refractivity contribution in [3.63, 3.8) is 0 Å². The van der Waals surface area contributed by atoms with E-state index in [1.807, 2.05) is 19.1 Å². The Labute approximate surface area is 112 Å². The smallest absolute Gasteiger partial charge is 0.234 e. The van der Waals surface area contributed by atoms with Gasteiger partial charge in [-0.2, -0.15) is 0 Å². The predicted octanol–water partition coefficient (Wildman–Crippen LogP) is 1.98. The summed E-state index contributed by atoms with van der Waals surface area (Å²) in [6, 6.07) is 8.32. The van der Waals surface area contributed by atoms with E-state index in [0.717, 1.165) is 19.3 Å². The summed E-state index contributed by atoms with van der Waals surface area (Å²) in [7, 11) is 0. The van der Waals surface area contributed by atoms with Gasteiger partial charge in [-0.15, -0.1) is 11.8 Å². The molecule has 1 aliphatic rings. The number of rotatable bonds is 5. The van der Waals surface area contributed by atoms with Gasteiger partial charge in [0.2, 0.25) is 5.91 Å². The van der Waals surface area contributed by atoms with Crippen molar-refractivity contribution in [3.05, 3.63) is 29.8 Å². The highest BCUT2D eigenvalue weighted by molar-refractivity contribution is 8.01.